The molecule has 0 atom stereocenters. The van der Waals surface area contributed by atoms with Crippen LogP contribution >= 0.6 is 24.4 Å². The van der Waals surface area contributed by atoms with Crippen LogP contribution in [0.2, 0.25) is 0 Å². The summed E-state index contributed by atoms with van der Waals surface area (Å²) in [6.45, 7) is 7.98. The lowest BCUT2D eigenvalue weighted by molar-refractivity contribution is 0.298. The molecule has 2 N–H and O–H groups in total. The van der Waals surface area contributed by atoms with Gasteiger partial charge in [-0.1, -0.05) is 213 Å². The third kappa shape index (κ3) is 31.8. The molecule has 0 heterocycles. The average Bonchev–Trinajstić information content (AvgIpc) is 3.12. The van der Waals surface area contributed by atoms with E-state index in [1.165, 1.54) is 193 Å². The van der Waals surface area contributed by atoms with Crippen molar-refractivity contribution in [2.24, 2.45) is 0 Å². The number of hydrogen-bond donors (Lipinski definition) is 2. The quantitative estimate of drug-likeness (QED) is 0.0526. The van der Waals surface area contributed by atoms with Crippen molar-refractivity contribution >= 4 is 46.2 Å². The van der Waals surface area contributed by atoms with Gasteiger partial charge in [0.15, 0.2) is 0 Å². The topological polar surface area (TPSA) is 42.5 Å². The van der Waals surface area contributed by atoms with E-state index in [0.29, 0.717) is 23.6 Å². The lowest BCUT2D eigenvalue weighted by Crippen LogP contribution is -2.16. The van der Waals surface area contributed by atoms with Gasteiger partial charge >= 0.3 is 0 Å². The Morgan fingerprint density at radius 1 is 0.431 bits per heavy atom. The van der Waals surface area contributed by atoms with Crippen LogP contribution in [0.15, 0.2) is 18.2 Å². The van der Waals surface area contributed by atoms with E-state index in [-0.39, 0.29) is 0 Å². The average molecular weight is 747 g/mol. The summed E-state index contributed by atoms with van der Waals surface area (Å²) in [5.41, 5.74) is 2.92. The van der Waals surface area contributed by atoms with Crippen molar-refractivity contribution in [2.45, 2.75) is 226 Å². The Kier molecular flexibility index (Phi) is 34.5. The van der Waals surface area contributed by atoms with E-state index in [2.05, 4.69) is 37.5 Å². The van der Waals surface area contributed by atoms with Gasteiger partial charge in [-0.15, -0.1) is 0 Å². The molecule has 0 fully saturated rings. The minimum absolute atomic E-state index is 0.424. The zero-order valence-corrected chi connectivity index (χ0v) is 35.5. The maximum atomic E-state index is 5.83. The number of anilines is 2. The fraction of sp³-hybridized carbons (Fsp3) is 0.822. The molecule has 0 amide bonds. The molecule has 0 spiro atoms. The second kappa shape index (κ2) is 36.9. The second-order valence-corrected chi connectivity index (χ2v) is 15.9. The summed E-state index contributed by atoms with van der Waals surface area (Å²) in [5.74, 6) is 0. The van der Waals surface area contributed by atoms with E-state index in [0.717, 1.165) is 29.8 Å². The molecule has 0 radical (unpaired) electrons. The van der Waals surface area contributed by atoms with Crippen LogP contribution in [0.5, 0.6) is 0 Å². The smallest absolute Gasteiger partial charge is 0.261 e. The highest BCUT2D eigenvalue weighted by atomic mass is 32.1. The lowest BCUT2D eigenvalue weighted by atomic mass is 10.0. The molecule has 0 aliphatic heterocycles. The number of benzene rings is 1. The number of thiocarbonyl (C=S) groups is 2. The van der Waals surface area contributed by atoms with Crippen LogP contribution in [-0.2, 0) is 9.47 Å². The molecule has 0 aromatic heterocycles. The van der Waals surface area contributed by atoms with Gasteiger partial charge in [-0.3, -0.25) is 0 Å². The van der Waals surface area contributed by atoms with Crippen molar-refractivity contribution < 1.29 is 9.47 Å². The number of ether oxygens (including phenoxy) is 2. The van der Waals surface area contributed by atoms with Crippen LogP contribution in [-0.4, -0.2) is 23.6 Å². The minimum Gasteiger partial charge on any atom is -0.471 e. The summed E-state index contributed by atoms with van der Waals surface area (Å²) < 4.78 is 11.6. The molecule has 4 nitrogen and oxygen atoms in total. The molecule has 1 aromatic carbocycles. The van der Waals surface area contributed by atoms with Crippen LogP contribution in [0.25, 0.3) is 0 Å². The summed E-state index contributed by atoms with van der Waals surface area (Å²) in [7, 11) is 0. The van der Waals surface area contributed by atoms with E-state index in [1.807, 2.05) is 12.1 Å². The monoisotopic (exact) mass is 747 g/mol. The zero-order valence-electron chi connectivity index (χ0n) is 33.9. The molecule has 0 saturated carbocycles. The van der Waals surface area contributed by atoms with Gasteiger partial charge in [0.2, 0.25) is 0 Å². The largest absolute Gasteiger partial charge is 0.471 e. The Hall–Kier alpha value is -1.40. The van der Waals surface area contributed by atoms with Crippen molar-refractivity contribution in [3.05, 3.63) is 23.8 Å². The summed E-state index contributed by atoms with van der Waals surface area (Å²) >= 11 is 10.9. The van der Waals surface area contributed by atoms with Crippen LogP contribution in [0.4, 0.5) is 11.4 Å². The Morgan fingerprint density at radius 2 is 0.725 bits per heavy atom. The highest BCUT2D eigenvalue weighted by molar-refractivity contribution is 7.80. The van der Waals surface area contributed by atoms with Crippen molar-refractivity contribution in [2.75, 3.05) is 23.8 Å². The van der Waals surface area contributed by atoms with Crippen LogP contribution in [0, 0.1) is 6.92 Å². The molecule has 0 aliphatic carbocycles. The van der Waals surface area contributed by atoms with E-state index in [1.54, 1.807) is 0 Å². The van der Waals surface area contributed by atoms with Crippen LogP contribution in [0.1, 0.15) is 225 Å². The first-order chi connectivity index (χ1) is 25.1. The molecule has 0 unspecified atom stereocenters. The number of unbranched alkanes of at least 4 members (excludes halogenated alkanes) is 30. The van der Waals surface area contributed by atoms with Gasteiger partial charge in [-0.25, -0.2) is 0 Å². The van der Waals surface area contributed by atoms with Gasteiger partial charge in [0.1, 0.15) is 0 Å². The number of rotatable bonds is 36. The van der Waals surface area contributed by atoms with E-state index < -0.39 is 0 Å². The number of hydrogen-bond acceptors (Lipinski definition) is 4. The highest BCUT2D eigenvalue weighted by Crippen LogP contribution is 2.21. The number of nitrogens with one attached hydrogen (secondary N) is 2. The highest BCUT2D eigenvalue weighted by Gasteiger charge is 2.06. The Balaban J connectivity index is 1.99. The normalized spacial score (nSPS) is 11.1. The molecule has 1 aromatic rings. The minimum atomic E-state index is 0.424. The predicted molar refractivity (Wildman–Crippen MR) is 235 cm³/mol. The SMILES string of the molecule is CCCCCCCCCCCCCCCCCCOC(=S)Nc1ccc(C)c(NC(=S)OCCCCCCCCCCCCCCCCCC)c1. The maximum absolute atomic E-state index is 5.83. The Morgan fingerprint density at radius 3 is 1.06 bits per heavy atom. The maximum Gasteiger partial charge on any atom is 0.261 e. The predicted octanol–water partition coefficient (Wildman–Crippen LogP) is 15.9. The fourth-order valence-corrected chi connectivity index (χ4v) is 7.16. The summed E-state index contributed by atoms with van der Waals surface area (Å²) in [6, 6.07) is 6.09. The molecule has 0 saturated heterocycles. The van der Waals surface area contributed by atoms with Gasteiger partial charge in [0, 0.05) is 11.4 Å². The molecule has 0 bridgehead atoms. The molecular formula is C45H82N2O2S2. The van der Waals surface area contributed by atoms with Crippen molar-refractivity contribution in [1.29, 1.82) is 0 Å². The van der Waals surface area contributed by atoms with E-state index in [4.69, 9.17) is 33.9 Å². The van der Waals surface area contributed by atoms with Gasteiger partial charge < -0.3 is 20.1 Å². The van der Waals surface area contributed by atoms with E-state index >= 15 is 0 Å². The first-order valence-corrected chi connectivity index (χ1v) is 22.9. The van der Waals surface area contributed by atoms with Gasteiger partial charge in [-0.05, 0) is 61.9 Å². The Bertz CT molecular complexity index is 941. The first kappa shape index (κ1) is 47.6. The summed E-state index contributed by atoms with van der Waals surface area (Å²) in [4.78, 5) is 0. The molecule has 296 valence electrons. The molecule has 6 heteroatoms. The molecule has 1 rings (SSSR count). The first-order valence-electron chi connectivity index (χ1n) is 22.0. The van der Waals surface area contributed by atoms with Crippen molar-refractivity contribution in [1.82, 2.24) is 0 Å². The summed E-state index contributed by atoms with van der Waals surface area (Å²) in [5, 5.41) is 7.35. The lowest BCUT2D eigenvalue weighted by Gasteiger charge is -2.15. The van der Waals surface area contributed by atoms with Gasteiger partial charge in [0.05, 0.1) is 13.2 Å². The standard InChI is InChI=1S/C45H82N2O2S2/c1-4-6-8-10-12-14-16-18-20-22-24-26-28-30-32-34-38-48-44(50)46-42-37-36-41(3)43(40-42)47-45(51)49-39-35-33-31-29-27-25-23-21-19-17-15-13-11-9-7-5-2/h36-37,40H,4-35,38-39H2,1-3H3,(H,46,50)(H,47,51). The van der Waals surface area contributed by atoms with Gasteiger partial charge in [0.25, 0.3) is 10.3 Å². The fourth-order valence-electron chi connectivity index (χ4n) is 6.76. The molecular weight excluding hydrogens is 665 g/mol. The van der Waals surface area contributed by atoms with E-state index in [9.17, 15) is 0 Å². The van der Waals surface area contributed by atoms with Gasteiger partial charge in [-0.2, -0.15) is 0 Å². The van der Waals surface area contributed by atoms with Crippen molar-refractivity contribution in [3.63, 3.8) is 0 Å². The third-order valence-electron chi connectivity index (χ3n) is 10.2. The zero-order chi connectivity index (χ0) is 36.9. The second-order valence-electron chi connectivity index (χ2n) is 15.2. The van der Waals surface area contributed by atoms with Crippen LogP contribution in [0.3, 0.4) is 0 Å². The summed E-state index contributed by atoms with van der Waals surface area (Å²) in [6.07, 6.45) is 43.7. The molecule has 51 heavy (non-hydrogen) atoms. The Labute approximate surface area is 328 Å². The third-order valence-corrected chi connectivity index (χ3v) is 10.6. The molecule has 0 aliphatic rings. The van der Waals surface area contributed by atoms with Crippen molar-refractivity contribution in [3.8, 4) is 0 Å². The van der Waals surface area contributed by atoms with Crippen LogP contribution < -0.4 is 10.6 Å². The number of aryl methyl sites for hydroxylation is 1.